The summed E-state index contributed by atoms with van der Waals surface area (Å²) in [6.45, 7) is 8.84. The van der Waals surface area contributed by atoms with E-state index in [2.05, 4.69) is 45.9 Å². The third-order valence-corrected chi connectivity index (χ3v) is 8.22. The molecule has 4 atom stereocenters. The van der Waals surface area contributed by atoms with Gasteiger partial charge in [-0.3, -0.25) is 0 Å². The van der Waals surface area contributed by atoms with Gasteiger partial charge in [-0.1, -0.05) is 92.6 Å². The predicted octanol–water partition coefficient (Wildman–Crippen LogP) is 8.01. The van der Waals surface area contributed by atoms with E-state index in [1.54, 1.807) is 54.6 Å². The number of hydrogen-bond acceptors (Lipinski definition) is 7. The van der Waals surface area contributed by atoms with Gasteiger partial charge >= 0.3 is 23.7 Å². The first-order valence-corrected chi connectivity index (χ1v) is 15.8. The second-order valence-corrected chi connectivity index (χ2v) is 12.8. The summed E-state index contributed by atoms with van der Waals surface area (Å²) >= 11 is 0. The standard InChI is InChI=1S/C38H48O7/c1-28(2)25-27-37(3,4)26-15-23-30-22-14-21-29(30)16-12-13-24-33(44-34(39)31-17-8-6-9-18-31)38(42,36(41)43-5)45-35(40)32-19-10-7-11-20-32/h6-13,15,17-20,23,25,29-30,33,42H,14,16,21-22,24,26-27H2,1-5H3/t29-,30+,33?,38?/m0/s1. The van der Waals surface area contributed by atoms with E-state index in [-0.39, 0.29) is 23.0 Å². The van der Waals surface area contributed by atoms with Crippen molar-refractivity contribution in [1.29, 1.82) is 0 Å². The Labute approximate surface area is 268 Å². The fourth-order valence-corrected chi connectivity index (χ4v) is 5.45. The Morgan fingerprint density at radius 3 is 2.11 bits per heavy atom. The maximum absolute atomic E-state index is 13.0. The molecule has 0 bridgehead atoms. The van der Waals surface area contributed by atoms with E-state index in [0.29, 0.717) is 11.8 Å². The van der Waals surface area contributed by atoms with Gasteiger partial charge in [0.2, 0.25) is 0 Å². The molecule has 1 aliphatic carbocycles. The molecule has 2 unspecified atom stereocenters. The molecule has 1 N–H and O–H groups in total. The van der Waals surface area contributed by atoms with Gasteiger partial charge in [-0.2, -0.15) is 0 Å². The molecule has 0 heterocycles. The number of ether oxygens (including phenoxy) is 3. The Morgan fingerprint density at radius 1 is 0.889 bits per heavy atom. The summed E-state index contributed by atoms with van der Waals surface area (Å²) in [6.07, 6.45) is 15.3. The van der Waals surface area contributed by atoms with Crippen LogP contribution in [0.1, 0.15) is 93.4 Å². The lowest BCUT2D eigenvalue weighted by Crippen LogP contribution is -2.55. The summed E-state index contributed by atoms with van der Waals surface area (Å²) in [6, 6.07) is 16.1. The molecule has 1 fully saturated rings. The predicted molar refractivity (Wildman–Crippen MR) is 175 cm³/mol. The highest BCUT2D eigenvalue weighted by atomic mass is 16.7. The summed E-state index contributed by atoms with van der Waals surface area (Å²) in [4.78, 5) is 38.9. The molecule has 0 radical (unpaired) electrons. The molecule has 0 aliphatic heterocycles. The van der Waals surface area contributed by atoms with Gasteiger partial charge in [-0.05, 0) is 87.5 Å². The van der Waals surface area contributed by atoms with Crippen molar-refractivity contribution in [1.82, 2.24) is 0 Å². The van der Waals surface area contributed by atoms with Crippen LogP contribution < -0.4 is 0 Å². The number of carbonyl (C=O) groups excluding carboxylic acids is 3. The zero-order chi connectivity index (χ0) is 32.9. The number of rotatable bonds is 15. The molecule has 7 nitrogen and oxygen atoms in total. The van der Waals surface area contributed by atoms with Crippen molar-refractivity contribution < 1.29 is 33.7 Å². The van der Waals surface area contributed by atoms with Crippen LogP contribution in [0.4, 0.5) is 0 Å². The first-order valence-electron chi connectivity index (χ1n) is 15.8. The zero-order valence-corrected chi connectivity index (χ0v) is 27.2. The summed E-state index contributed by atoms with van der Waals surface area (Å²) in [5.74, 6) is -4.94. The molecular weight excluding hydrogens is 568 g/mol. The fraction of sp³-hybridized carbons (Fsp3) is 0.447. The van der Waals surface area contributed by atoms with Crippen molar-refractivity contribution in [2.45, 2.75) is 84.5 Å². The van der Waals surface area contributed by atoms with Crippen LogP contribution in [0.25, 0.3) is 0 Å². The van der Waals surface area contributed by atoms with E-state index in [1.165, 1.54) is 17.7 Å². The SMILES string of the molecule is COC(=O)C(O)(OC(=O)c1ccccc1)C(CC=CC[C@H]1CCC[C@@H]1C=CCC(C)(C)CC=C(C)C)OC(=O)c1ccccc1. The average molecular weight is 617 g/mol. The zero-order valence-electron chi connectivity index (χ0n) is 27.2. The Bertz CT molecular complexity index is 1340. The number of allylic oxidation sites excluding steroid dienone is 5. The van der Waals surface area contributed by atoms with Crippen molar-refractivity contribution in [3.8, 4) is 0 Å². The topological polar surface area (TPSA) is 99.1 Å². The normalized spacial score (nSPS) is 18.7. The van der Waals surface area contributed by atoms with E-state index in [4.69, 9.17) is 14.2 Å². The maximum Gasteiger partial charge on any atom is 0.383 e. The van der Waals surface area contributed by atoms with E-state index < -0.39 is 29.8 Å². The van der Waals surface area contributed by atoms with Crippen LogP contribution in [0.15, 0.2) is 96.6 Å². The highest BCUT2D eigenvalue weighted by Crippen LogP contribution is 2.36. The molecule has 7 heteroatoms. The van der Waals surface area contributed by atoms with Crippen molar-refractivity contribution in [2.75, 3.05) is 7.11 Å². The van der Waals surface area contributed by atoms with Crippen LogP contribution in [0.5, 0.6) is 0 Å². The molecule has 3 rings (SSSR count). The highest BCUT2D eigenvalue weighted by molar-refractivity contribution is 5.93. The van der Waals surface area contributed by atoms with Crippen LogP contribution in [-0.2, 0) is 19.0 Å². The van der Waals surface area contributed by atoms with E-state index in [1.807, 2.05) is 6.08 Å². The number of aliphatic hydroxyl groups is 1. The van der Waals surface area contributed by atoms with Gasteiger partial charge in [0, 0.05) is 6.42 Å². The Hall–Kier alpha value is -3.97. The summed E-state index contributed by atoms with van der Waals surface area (Å²) in [7, 11) is 1.06. The van der Waals surface area contributed by atoms with Crippen LogP contribution in [-0.4, -0.2) is 42.0 Å². The lowest BCUT2D eigenvalue weighted by Gasteiger charge is -2.31. The Kier molecular flexibility index (Phi) is 13.4. The van der Waals surface area contributed by atoms with Gasteiger partial charge in [-0.15, -0.1) is 0 Å². The van der Waals surface area contributed by atoms with E-state index in [9.17, 15) is 19.5 Å². The van der Waals surface area contributed by atoms with Crippen LogP contribution in [0, 0.1) is 17.3 Å². The van der Waals surface area contributed by atoms with Crippen LogP contribution in [0.3, 0.4) is 0 Å². The minimum absolute atomic E-state index is 0.0853. The first kappa shape index (κ1) is 35.5. The number of benzene rings is 2. The van der Waals surface area contributed by atoms with Crippen LogP contribution >= 0.6 is 0 Å². The largest absolute Gasteiger partial charge is 0.464 e. The van der Waals surface area contributed by atoms with Crippen molar-refractivity contribution >= 4 is 17.9 Å². The molecule has 2 aromatic carbocycles. The summed E-state index contributed by atoms with van der Waals surface area (Å²) < 4.78 is 15.8. The van der Waals surface area contributed by atoms with Crippen molar-refractivity contribution in [3.63, 3.8) is 0 Å². The smallest absolute Gasteiger partial charge is 0.383 e. The van der Waals surface area contributed by atoms with Gasteiger partial charge in [-0.25, -0.2) is 14.4 Å². The second kappa shape index (κ2) is 16.9. The molecule has 0 saturated heterocycles. The second-order valence-electron chi connectivity index (χ2n) is 12.8. The Balaban J connectivity index is 1.75. The maximum atomic E-state index is 13.0. The molecule has 242 valence electrons. The minimum atomic E-state index is -2.88. The number of carbonyl (C=O) groups is 3. The van der Waals surface area contributed by atoms with Crippen LogP contribution in [0.2, 0.25) is 0 Å². The third kappa shape index (κ3) is 10.9. The molecule has 1 saturated carbocycles. The average Bonchev–Trinajstić information content (AvgIpc) is 3.48. The lowest BCUT2D eigenvalue weighted by atomic mass is 9.84. The molecule has 45 heavy (non-hydrogen) atoms. The van der Waals surface area contributed by atoms with Gasteiger partial charge in [0.05, 0.1) is 18.2 Å². The molecule has 1 aliphatic rings. The summed E-state index contributed by atoms with van der Waals surface area (Å²) in [5, 5.41) is 11.5. The van der Waals surface area contributed by atoms with E-state index in [0.717, 1.165) is 45.6 Å². The number of esters is 3. The van der Waals surface area contributed by atoms with Crippen molar-refractivity contribution in [3.05, 3.63) is 108 Å². The molecule has 0 aromatic heterocycles. The van der Waals surface area contributed by atoms with Crippen molar-refractivity contribution in [2.24, 2.45) is 17.3 Å². The molecular formula is C38H48O7. The van der Waals surface area contributed by atoms with Gasteiger partial charge in [0.1, 0.15) is 0 Å². The highest BCUT2D eigenvalue weighted by Gasteiger charge is 2.52. The molecule has 2 aromatic rings. The first-order chi connectivity index (χ1) is 21.4. The van der Waals surface area contributed by atoms with Gasteiger partial charge in [0.25, 0.3) is 0 Å². The Morgan fingerprint density at radius 2 is 1.51 bits per heavy atom. The lowest BCUT2D eigenvalue weighted by molar-refractivity contribution is -0.237. The molecule has 0 amide bonds. The number of hydrogen-bond donors (Lipinski definition) is 1. The third-order valence-electron chi connectivity index (χ3n) is 8.22. The quantitative estimate of drug-likeness (QED) is 0.0936. The molecule has 0 spiro atoms. The van der Waals surface area contributed by atoms with E-state index >= 15 is 0 Å². The van der Waals surface area contributed by atoms with Gasteiger partial charge < -0.3 is 19.3 Å². The fourth-order valence-electron chi connectivity index (χ4n) is 5.45. The van der Waals surface area contributed by atoms with Gasteiger partial charge in [0.15, 0.2) is 6.10 Å². The minimum Gasteiger partial charge on any atom is -0.464 e. The number of methoxy groups -OCH3 is 1. The monoisotopic (exact) mass is 616 g/mol. The summed E-state index contributed by atoms with van der Waals surface area (Å²) in [5.41, 5.74) is 1.88.